The average molecular weight is 250 g/mol. The monoisotopic (exact) mass is 250 g/mol. The zero-order valence-corrected chi connectivity index (χ0v) is 11.8. The van der Waals surface area contributed by atoms with E-state index in [1.165, 1.54) is 18.4 Å². The van der Waals surface area contributed by atoms with Crippen LogP contribution in [0.5, 0.6) is 5.75 Å². The van der Waals surface area contributed by atoms with Gasteiger partial charge in [-0.3, -0.25) is 11.3 Å². The van der Waals surface area contributed by atoms with E-state index in [-0.39, 0.29) is 0 Å². The minimum atomic E-state index is 0.343. The molecule has 0 aliphatic rings. The van der Waals surface area contributed by atoms with Gasteiger partial charge in [0.15, 0.2) is 0 Å². The van der Waals surface area contributed by atoms with Crippen LogP contribution in [0, 0.1) is 5.92 Å². The number of hydrogen-bond donors (Lipinski definition) is 2. The molecular weight excluding hydrogens is 224 g/mol. The smallest absolute Gasteiger partial charge is 0.119 e. The van der Waals surface area contributed by atoms with E-state index in [0.29, 0.717) is 6.04 Å². The Hall–Kier alpha value is -1.06. The average Bonchev–Trinajstić information content (AvgIpc) is 2.37. The number of hydrazine groups is 1. The third-order valence-electron chi connectivity index (χ3n) is 3.19. The Kier molecular flexibility index (Phi) is 6.76. The van der Waals surface area contributed by atoms with Crippen molar-refractivity contribution in [3.63, 3.8) is 0 Å². The number of benzene rings is 1. The second-order valence-electron chi connectivity index (χ2n) is 5.24. The summed E-state index contributed by atoms with van der Waals surface area (Å²) >= 11 is 0. The highest BCUT2D eigenvalue weighted by molar-refractivity contribution is 5.28. The number of rotatable bonds is 8. The fourth-order valence-electron chi connectivity index (χ4n) is 2.10. The van der Waals surface area contributed by atoms with Crippen molar-refractivity contribution in [1.82, 2.24) is 5.43 Å². The molecule has 3 N–H and O–H groups in total. The molecule has 1 aromatic carbocycles. The van der Waals surface area contributed by atoms with Gasteiger partial charge >= 0.3 is 0 Å². The molecule has 0 heterocycles. The van der Waals surface area contributed by atoms with Crippen molar-refractivity contribution in [2.24, 2.45) is 11.8 Å². The van der Waals surface area contributed by atoms with Crippen molar-refractivity contribution >= 4 is 0 Å². The van der Waals surface area contributed by atoms with Crippen LogP contribution >= 0.6 is 0 Å². The molecule has 102 valence electrons. The minimum absolute atomic E-state index is 0.343. The maximum atomic E-state index is 5.63. The van der Waals surface area contributed by atoms with Gasteiger partial charge in [-0.25, -0.2) is 0 Å². The van der Waals surface area contributed by atoms with Crippen molar-refractivity contribution in [3.8, 4) is 5.75 Å². The highest BCUT2D eigenvalue weighted by Crippen LogP contribution is 2.16. The summed E-state index contributed by atoms with van der Waals surface area (Å²) in [6.07, 6.45) is 4.55. The Morgan fingerprint density at radius 2 is 2.06 bits per heavy atom. The van der Waals surface area contributed by atoms with Crippen LogP contribution in [0.4, 0.5) is 0 Å². The molecule has 0 bridgehead atoms. The molecule has 0 radical (unpaired) electrons. The lowest BCUT2D eigenvalue weighted by Crippen LogP contribution is -2.36. The molecule has 0 aliphatic heterocycles. The van der Waals surface area contributed by atoms with Crippen LogP contribution in [0.1, 0.15) is 38.7 Å². The van der Waals surface area contributed by atoms with Gasteiger partial charge in [-0.05, 0) is 36.5 Å². The highest BCUT2D eigenvalue weighted by Gasteiger charge is 2.08. The maximum absolute atomic E-state index is 5.63. The second-order valence-corrected chi connectivity index (χ2v) is 5.24. The highest BCUT2D eigenvalue weighted by atomic mass is 16.5. The summed E-state index contributed by atoms with van der Waals surface area (Å²) < 4.78 is 5.23. The molecule has 0 saturated carbocycles. The second kappa shape index (κ2) is 8.11. The minimum Gasteiger partial charge on any atom is -0.497 e. The molecule has 0 aromatic heterocycles. The Morgan fingerprint density at radius 1 is 1.28 bits per heavy atom. The molecule has 0 amide bonds. The van der Waals surface area contributed by atoms with Crippen LogP contribution < -0.4 is 16.0 Å². The van der Waals surface area contributed by atoms with Crippen molar-refractivity contribution in [3.05, 3.63) is 29.8 Å². The predicted octanol–water partition coefficient (Wildman–Crippen LogP) is 2.90. The molecule has 0 saturated heterocycles. The van der Waals surface area contributed by atoms with Gasteiger partial charge < -0.3 is 4.74 Å². The summed E-state index contributed by atoms with van der Waals surface area (Å²) in [5.41, 5.74) is 4.19. The van der Waals surface area contributed by atoms with E-state index in [1.54, 1.807) is 7.11 Å². The lowest BCUT2D eigenvalue weighted by molar-refractivity contribution is 0.412. The lowest BCUT2D eigenvalue weighted by Gasteiger charge is -2.16. The summed E-state index contributed by atoms with van der Waals surface area (Å²) in [5, 5.41) is 0. The van der Waals surface area contributed by atoms with Gasteiger partial charge in [0.25, 0.3) is 0 Å². The van der Waals surface area contributed by atoms with Crippen LogP contribution in [0.15, 0.2) is 24.3 Å². The van der Waals surface area contributed by atoms with Gasteiger partial charge in [0.2, 0.25) is 0 Å². The summed E-state index contributed by atoms with van der Waals surface area (Å²) in [5.74, 6) is 7.30. The standard InChI is InChI=1S/C15H26N2O/c1-12(2)6-4-8-14(17-16)10-13-7-5-9-15(11-13)18-3/h5,7,9,11-12,14,17H,4,6,8,10,16H2,1-3H3. The Morgan fingerprint density at radius 3 is 2.67 bits per heavy atom. The molecular formula is C15H26N2O. The number of nitrogens with one attached hydrogen (secondary N) is 1. The Labute approximate surface area is 111 Å². The topological polar surface area (TPSA) is 47.3 Å². The summed E-state index contributed by atoms with van der Waals surface area (Å²) in [6, 6.07) is 8.53. The van der Waals surface area contributed by atoms with Crippen LogP contribution in [0.3, 0.4) is 0 Å². The lowest BCUT2D eigenvalue weighted by atomic mass is 9.98. The van der Waals surface area contributed by atoms with Crippen molar-refractivity contribution < 1.29 is 4.74 Å². The SMILES string of the molecule is COc1cccc(CC(CCCC(C)C)NN)c1. The van der Waals surface area contributed by atoms with Gasteiger partial charge in [-0.2, -0.15) is 0 Å². The van der Waals surface area contributed by atoms with Crippen molar-refractivity contribution in [2.75, 3.05) is 7.11 Å². The van der Waals surface area contributed by atoms with E-state index in [2.05, 4.69) is 31.4 Å². The summed E-state index contributed by atoms with van der Waals surface area (Å²) in [6.45, 7) is 4.51. The van der Waals surface area contributed by atoms with Gasteiger partial charge in [-0.1, -0.05) is 38.8 Å². The summed E-state index contributed by atoms with van der Waals surface area (Å²) in [7, 11) is 1.69. The number of nitrogens with two attached hydrogens (primary N) is 1. The molecule has 18 heavy (non-hydrogen) atoms. The normalized spacial score (nSPS) is 12.7. The van der Waals surface area contributed by atoms with Gasteiger partial charge in [0, 0.05) is 6.04 Å². The zero-order valence-electron chi connectivity index (χ0n) is 11.8. The van der Waals surface area contributed by atoms with Gasteiger partial charge in [-0.15, -0.1) is 0 Å². The molecule has 0 spiro atoms. The first kappa shape index (κ1) is 15.0. The summed E-state index contributed by atoms with van der Waals surface area (Å²) in [4.78, 5) is 0. The molecule has 1 unspecified atom stereocenters. The quantitative estimate of drug-likeness (QED) is 0.551. The molecule has 3 nitrogen and oxygen atoms in total. The largest absolute Gasteiger partial charge is 0.497 e. The van der Waals surface area contributed by atoms with Gasteiger partial charge in [0.1, 0.15) is 5.75 Å². The molecule has 1 rings (SSSR count). The molecule has 0 aliphatic carbocycles. The first-order valence-electron chi connectivity index (χ1n) is 6.74. The van der Waals surface area contributed by atoms with E-state index in [0.717, 1.165) is 24.5 Å². The van der Waals surface area contributed by atoms with Crippen LogP contribution in [-0.4, -0.2) is 13.2 Å². The molecule has 3 heteroatoms. The zero-order chi connectivity index (χ0) is 13.4. The van der Waals surface area contributed by atoms with Gasteiger partial charge in [0.05, 0.1) is 7.11 Å². The third-order valence-corrected chi connectivity index (χ3v) is 3.19. The first-order valence-corrected chi connectivity index (χ1v) is 6.74. The number of ether oxygens (including phenoxy) is 1. The Bertz CT molecular complexity index is 339. The van der Waals surface area contributed by atoms with Crippen LogP contribution in [0.25, 0.3) is 0 Å². The number of methoxy groups -OCH3 is 1. The molecule has 1 aromatic rings. The maximum Gasteiger partial charge on any atom is 0.119 e. The fourth-order valence-corrected chi connectivity index (χ4v) is 2.10. The van der Waals surface area contributed by atoms with E-state index in [4.69, 9.17) is 10.6 Å². The van der Waals surface area contributed by atoms with Crippen LogP contribution in [0.2, 0.25) is 0 Å². The fraction of sp³-hybridized carbons (Fsp3) is 0.600. The third kappa shape index (κ3) is 5.52. The van der Waals surface area contributed by atoms with E-state index in [9.17, 15) is 0 Å². The molecule has 0 fully saturated rings. The van der Waals surface area contributed by atoms with Crippen molar-refractivity contribution in [1.29, 1.82) is 0 Å². The Balaban J connectivity index is 2.46. The van der Waals surface area contributed by atoms with E-state index < -0.39 is 0 Å². The van der Waals surface area contributed by atoms with Crippen LogP contribution in [-0.2, 0) is 6.42 Å². The van der Waals surface area contributed by atoms with E-state index >= 15 is 0 Å². The first-order chi connectivity index (χ1) is 8.65. The van der Waals surface area contributed by atoms with E-state index in [1.807, 2.05) is 12.1 Å². The predicted molar refractivity (Wildman–Crippen MR) is 76.5 cm³/mol. The number of hydrogen-bond acceptors (Lipinski definition) is 3. The molecule has 1 atom stereocenters. The van der Waals surface area contributed by atoms with Crippen molar-refractivity contribution in [2.45, 2.75) is 45.6 Å².